The molecule has 0 radical (unpaired) electrons. The van der Waals surface area contributed by atoms with Crippen LogP contribution in [0.15, 0.2) is 29.3 Å². The molecule has 1 aliphatic heterocycles. The minimum Gasteiger partial charge on any atom is -0.497 e. The normalized spacial score (nSPS) is 15.8. The molecule has 0 aromatic heterocycles. The summed E-state index contributed by atoms with van der Waals surface area (Å²) >= 11 is 0. The number of benzene rings is 1. The lowest BCUT2D eigenvalue weighted by Crippen LogP contribution is -2.52. The number of ether oxygens (including phenoxy) is 2. The van der Waals surface area contributed by atoms with Crippen LogP contribution in [0.25, 0.3) is 0 Å². The lowest BCUT2D eigenvalue weighted by molar-refractivity contribution is -0.173. The van der Waals surface area contributed by atoms with Crippen molar-refractivity contribution in [3.63, 3.8) is 0 Å². The van der Waals surface area contributed by atoms with Gasteiger partial charge >= 0.3 is 6.18 Å². The molecule has 0 atom stereocenters. The van der Waals surface area contributed by atoms with Crippen LogP contribution in [0.1, 0.15) is 6.42 Å². The van der Waals surface area contributed by atoms with Gasteiger partial charge in [-0.15, -0.1) is 0 Å². The first-order chi connectivity index (χ1) is 12.9. The Kier molecular flexibility index (Phi) is 8.02. The first kappa shape index (κ1) is 21.1. The predicted octanol–water partition coefficient (Wildman–Crippen LogP) is 2.36. The van der Waals surface area contributed by atoms with Crippen LogP contribution in [-0.2, 0) is 4.74 Å². The standard InChI is InChI=1S/C18H27F3N4O2/c1-22-17(23-7-4-12-27-14-18(19,20)21)25-10-8-24(9-11-25)15-5-3-6-16(13-15)26-2/h3,5-6,13H,4,7-12,14H2,1-2H3,(H,22,23). The molecule has 0 aliphatic carbocycles. The van der Waals surface area contributed by atoms with E-state index in [-0.39, 0.29) is 6.61 Å². The fourth-order valence-corrected chi connectivity index (χ4v) is 2.88. The Morgan fingerprint density at radius 1 is 1.22 bits per heavy atom. The van der Waals surface area contributed by atoms with E-state index in [0.29, 0.717) is 13.0 Å². The number of alkyl halides is 3. The Labute approximate surface area is 157 Å². The largest absolute Gasteiger partial charge is 0.497 e. The number of guanidine groups is 1. The minimum absolute atomic E-state index is 0.0626. The lowest BCUT2D eigenvalue weighted by Gasteiger charge is -2.37. The molecule has 1 saturated heterocycles. The molecule has 0 saturated carbocycles. The Morgan fingerprint density at radius 3 is 2.59 bits per heavy atom. The van der Waals surface area contributed by atoms with Gasteiger partial charge in [-0.3, -0.25) is 4.99 Å². The quantitative estimate of drug-likeness (QED) is 0.442. The minimum atomic E-state index is -4.27. The van der Waals surface area contributed by atoms with E-state index in [1.807, 2.05) is 18.2 Å². The molecule has 0 amide bonds. The fourth-order valence-electron chi connectivity index (χ4n) is 2.88. The number of aliphatic imine (C=N–C) groups is 1. The summed E-state index contributed by atoms with van der Waals surface area (Å²) in [5.74, 6) is 1.59. The molecule has 9 heteroatoms. The molecule has 0 bridgehead atoms. The van der Waals surface area contributed by atoms with Gasteiger partial charge in [0.05, 0.1) is 7.11 Å². The van der Waals surface area contributed by atoms with E-state index in [1.54, 1.807) is 14.2 Å². The first-order valence-corrected chi connectivity index (χ1v) is 8.92. The highest BCUT2D eigenvalue weighted by Gasteiger charge is 2.27. The maximum atomic E-state index is 12.0. The molecule has 2 rings (SSSR count). The van der Waals surface area contributed by atoms with Crippen LogP contribution < -0.4 is 15.0 Å². The molecule has 1 aromatic rings. The smallest absolute Gasteiger partial charge is 0.411 e. The number of rotatable bonds is 7. The Morgan fingerprint density at radius 2 is 1.96 bits per heavy atom. The molecule has 0 spiro atoms. The average molecular weight is 388 g/mol. The van der Waals surface area contributed by atoms with Crippen molar-refractivity contribution in [2.75, 3.05) is 65.0 Å². The highest BCUT2D eigenvalue weighted by atomic mass is 19.4. The highest BCUT2D eigenvalue weighted by Crippen LogP contribution is 2.22. The molecule has 1 heterocycles. The molecule has 6 nitrogen and oxygen atoms in total. The van der Waals surface area contributed by atoms with Crippen molar-refractivity contribution in [3.05, 3.63) is 24.3 Å². The second kappa shape index (κ2) is 10.2. The molecular formula is C18H27F3N4O2. The van der Waals surface area contributed by atoms with Crippen LogP contribution in [0.2, 0.25) is 0 Å². The van der Waals surface area contributed by atoms with Crippen LogP contribution >= 0.6 is 0 Å². The Balaban J connectivity index is 1.71. The van der Waals surface area contributed by atoms with Gasteiger partial charge in [0.15, 0.2) is 5.96 Å². The number of anilines is 1. The number of hydrogen-bond donors (Lipinski definition) is 1. The fraction of sp³-hybridized carbons (Fsp3) is 0.611. The predicted molar refractivity (Wildman–Crippen MR) is 99.6 cm³/mol. The number of hydrogen-bond acceptors (Lipinski definition) is 4. The molecule has 27 heavy (non-hydrogen) atoms. The molecule has 152 valence electrons. The molecule has 1 fully saturated rings. The molecule has 1 aliphatic rings. The summed E-state index contributed by atoms with van der Waals surface area (Å²) in [6.07, 6.45) is -3.79. The maximum absolute atomic E-state index is 12.0. The summed E-state index contributed by atoms with van der Waals surface area (Å²) in [4.78, 5) is 8.70. The van der Waals surface area contributed by atoms with Gasteiger partial charge in [0.2, 0.25) is 0 Å². The summed E-state index contributed by atoms with van der Waals surface area (Å²) in [5.41, 5.74) is 1.12. The van der Waals surface area contributed by atoms with Crippen LogP contribution in [0.4, 0.5) is 18.9 Å². The third-order valence-electron chi connectivity index (χ3n) is 4.22. The summed E-state index contributed by atoms with van der Waals surface area (Å²) in [6, 6.07) is 7.97. The van der Waals surface area contributed by atoms with Gasteiger partial charge in [0, 0.05) is 58.1 Å². The van der Waals surface area contributed by atoms with E-state index in [0.717, 1.165) is 43.6 Å². The van der Waals surface area contributed by atoms with Crippen molar-refractivity contribution in [1.29, 1.82) is 0 Å². The zero-order chi connectivity index (χ0) is 19.7. The van der Waals surface area contributed by atoms with E-state index in [2.05, 4.69) is 30.9 Å². The lowest BCUT2D eigenvalue weighted by atomic mass is 10.2. The van der Waals surface area contributed by atoms with Gasteiger partial charge in [-0.05, 0) is 18.6 Å². The summed E-state index contributed by atoms with van der Waals surface area (Å²) in [6.45, 7) is 2.69. The van der Waals surface area contributed by atoms with Crippen LogP contribution in [0.5, 0.6) is 5.75 Å². The van der Waals surface area contributed by atoms with Crippen molar-refractivity contribution < 1.29 is 22.6 Å². The van der Waals surface area contributed by atoms with Gasteiger partial charge in [0.1, 0.15) is 12.4 Å². The average Bonchev–Trinajstić information content (AvgIpc) is 2.67. The van der Waals surface area contributed by atoms with E-state index in [9.17, 15) is 13.2 Å². The third kappa shape index (κ3) is 7.16. The van der Waals surface area contributed by atoms with Gasteiger partial charge in [-0.2, -0.15) is 13.2 Å². The molecule has 1 aromatic carbocycles. The first-order valence-electron chi connectivity index (χ1n) is 8.92. The topological polar surface area (TPSA) is 49.3 Å². The summed E-state index contributed by atoms with van der Waals surface area (Å²) in [5, 5.41) is 3.19. The van der Waals surface area contributed by atoms with Crippen LogP contribution in [0.3, 0.4) is 0 Å². The molecule has 0 unspecified atom stereocenters. The molecule has 1 N–H and O–H groups in total. The SMILES string of the molecule is CN=C(NCCCOCC(F)(F)F)N1CCN(c2cccc(OC)c2)CC1. The van der Waals surface area contributed by atoms with Crippen LogP contribution in [-0.4, -0.2) is 77.1 Å². The molecular weight excluding hydrogens is 361 g/mol. The Bertz CT molecular complexity index is 603. The number of nitrogens with one attached hydrogen (secondary N) is 1. The van der Waals surface area contributed by atoms with Gasteiger partial charge in [0.25, 0.3) is 0 Å². The second-order valence-electron chi connectivity index (χ2n) is 6.17. The summed E-state index contributed by atoms with van der Waals surface area (Å²) < 4.78 is 45.9. The zero-order valence-electron chi connectivity index (χ0n) is 15.8. The number of piperazine rings is 1. The third-order valence-corrected chi connectivity index (χ3v) is 4.22. The van der Waals surface area contributed by atoms with Crippen molar-refractivity contribution >= 4 is 11.6 Å². The van der Waals surface area contributed by atoms with E-state index in [1.165, 1.54) is 0 Å². The zero-order valence-corrected chi connectivity index (χ0v) is 15.8. The maximum Gasteiger partial charge on any atom is 0.411 e. The van der Waals surface area contributed by atoms with Crippen LogP contribution in [0, 0.1) is 0 Å². The summed E-state index contributed by atoms with van der Waals surface area (Å²) in [7, 11) is 3.36. The monoisotopic (exact) mass is 388 g/mol. The van der Waals surface area contributed by atoms with Gasteiger partial charge < -0.3 is 24.6 Å². The highest BCUT2D eigenvalue weighted by molar-refractivity contribution is 5.80. The second-order valence-corrected chi connectivity index (χ2v) is 6.17. The van der Waals surface area contributed by atoms with Gasteiger partial charge in [-0.1, -0.05) is 6.07 Å². The van der Waals surface area contributed by atoms with Crippen molar-refractivity contribution in [3.8, 4) is 5.75 Å². The van der Waals surface area contributed by atoms with Crippen molar-refractivity contribution in [2.24, 2.45) is 4.99 Å². The van der Waals surface area contributed by atoms with Crippen molar-refractivity contribution in [1.82, 2.24) is 10.2 Å². The Hall–Kier alpha value is -2.16. The number of nitrogens with zero attached hydrogens (tertiary/aromatic N) is 3. The number of halogens is 3. The van der Waals surface area contributed by atoms with E-state index in [4.69, 9.17) is 4.74 Å². The van der Waals surface area contributed by atoms with E-state index < -0.39 is 12.8 Å². The number of methoxy groups -OCH3 is 1. The van der Waals surface area contributed by atoms with Crippen molar-refractivity contribution in [2.45, 2.75) is 12.6 Å². The van der Waals surface area contributed by atoms with Gasteiger partial charge in [-0.25, -0.2) is 0 Å². The van der Waals surface area contributed by atoms with E-state index >= 15 is 0 Å².